The normalized spacial score (nSPS) is 23.8. The minimum absolute atomic E-state index is 0.00218. The van der Waals surface area contributed by atoms with Gasteiger partial charge in [0.25, 0.3) is 0 Å². The van der Waals surface area contributed by atoms with Gasteiger partial charge >= 0.3 is 17.7 Å². The van der Waals surface area contributed by atoms with E-state index in [-0.39, 0.29) is 19.4 Å². The van der Waals surface area contributed by atoms with Crippen molar-refractivity contribution < 1.29 is 24.4 Å². The summed E-state index contributed by atoms with van der Waals surface area (Å²) in [5.41, 5.74) is -3.23. The third-order valence-corrected chi connectivity index (χ3v) is 2.61. The first kappa shape index (κ1) is 14.2. The zero-order valence-electron chi connectivity index (χ0n) is 10.5. The monoisotopic (exact) mass is 260 g/mol. The molecule has 8 nitrogen and oxygen atoms in total. The Morgan fingerprint density at radius 3 is 2.39 bits per heavy atom. The summed E-state index contributed by atoms with van der Waals surface area (Å²) in [6, 6.07) is 0. The maximum Gasteiger partial charge on any atom is 0.416 e. The quantitative estimate of drug-likeness (QED) is 0.587. The van der Waals surface area contributed by atoms with Crippen molar-refractivity contribution in [3.63, 3.8) is 0 Å². The van der Waals surface area contributed by atoms with E-state index in [1.165, 1.54) is 0 Å². The van der Waals surface area contributed by atoms with Gasteiger partial charge in [0.1, 0.15) is 5.60 Å². The lowest BCUT2D eigenvalue weighted by molar-refractivity contribution is -0.576. The lowest BCUT2D eigenvalue weighted by atomic mass is 10.1. The molecule has 1 N–H and O–H groups in total. The van der Waals surface area contributed by atoms with Gasteiger partial charge in [-0.05, 0) is 27.2 Å². The number of nitrogens with zero attached hydrogens (tertiary/aromatic N) is 2. The number of rotatable bonds is 2. The Bertz CT molecular complexity index is 372. The SMILES string of the molecule is CC(C)(C)OC(=O)N1CCC[C@]1(C(=O)O)[N+](=O)[O-]. The number of hydrogen-bond acceptors (Lipinski definition) is 5. The molecule has 0 bridgehead atoms. The van der Waals surface area contributed by atoms with Gasteiger partial charge in [0.05, 0.1) is 11.3 Å². The molecule has 0 aromatic heterocycles. The van der Waals surface area contributed by atoms with Crippen LogP contribution in [0, 0.1) is 10.1 Å². The molecule has 102 valence electrons. The summed E-state index contributed by atoms with van der Waals surface area (Å²) in [6.45, 7) is 4.82. The number of ether oxygens (including phenoxy) is 1. The summed E-state index contributed by atoms with van der Waals surface area (Å²) >= 11 is 0. The van der Waals surface area contributed by atoms with E-state index < -0.39 is 28.2 Å². The highest BCUT2D eigenvalue weighted by Crippen LogP contribution is 2.31. The zero-order valence-corrected chi connectivity index (χ0v) is 10.5. The van der Waals surface area contributed by atoms with Crippen LogP contribution in [0.2, 0.25) is 0 Å². The smallest absolute Gasteiger partial charge is 0.416 e. The molecule has 8 heteroatoms. The molecule has 18 heavy (non-hydrogen) atoms. The van der Waals surface area contributed by atoms with Gasteiger partial charge in [-0.1, -0.05) is 0 Å². The van der Waals surface area contributed by atoms with Crippen molar-refractivity contribution in [3.05, 3.63) is 10.1 Å². The Labute approximate surface area is 104 Å². The molecule has 0 saturated carbocycles. The van der Waals surface area contributed by atoms with Crippen LogP contribution >= 0.6 is 0 Å². The van der Waals surface area contributed by atoms with Crippen LogP contribution in [0.5, 0.6) is 0 Å². The van der Waals surface area contributed by atoms with E-state index in [0.717, 1.165) is 0 Å². The first-order chi connectivity index (χ1) is 8.11. The second-order valence-corrected chi connectivity index (χ2v) is 5.11. The largest absolute Gasteiger partial charge is 0.474 e. The Hall–Kier alpha value is -1.86. The van der Waals surface area contributed by atoms with Gasteiger partial charge in [-0.15, -0.1) is 0 Å². The standard InChI is InChI=1S/C10H16N2O6/c1-9(2,3)18-8(15)11-6-4-5-10(11,7(13)14)12(16)17/h4-6H2,1-3H3,(H,13,14)/t10-/m1/s1. The molecule has 0 aliphatic carbocycles. The molecular formula is C10H16N2O6. The molecular weight excluding hydrogens is 244 g/mol. The van der Waals surface area contributed by atoms with E-state index in [1.807, 2.05) is 0 Å². The second-order valence-electron chi connectivity index (χ2n) is 5.11. The molecule has 0 aromatic carbocycles. The number of carboxylic acids is 1. The molecule has 1 aliphatic heterocycles. The minimum atomic E-state index is -2.40. The van der Waals surface area contributed by atoms with Crippen LogP contribution in [0.25, 0.3) is 0 Å². The van der Waals surface area contributed by atoms with Gasteiger partial charge in [0.2, 0.25) is 0 Å². The van der Waals surface area contributed by atoms with Crippen LogP contribution in [0.4, 0.5) is 4.79 Å². The minimum Gasteiger partial charge on any atom is -0.474 e. The highest BCUT2D eigenvalue weighted by atomic mass is 16.6. The molecule has 0 spiro atoms. The third-order valence-electron chi connectivity index (χ3n) is 2.61. The lowest BCUT2D eigenvalue weighted by Gasteiger charge is -2.29. The number of carbonyl (C=O) groups excluding carboxylic acids is 1. The van der Waals surface area contributed by atoms with E-state index in [2.05, 4.69) is 0 Å². The molecule has 1 amide bonds. The molecule has 1 rings (SSSR count). The van der Waals surface area contributed by atoms with Crippen molar-refractivity contribution >= 4 is 12.1 Å². The fraction of sp³-hybridized carbons (Fsp3) is 0.800. The summed E-state index contributed by atoms with van der Waals surface area (Å²) < 4.78 is 5.00. The van der Waals surface area contributed by atoms with Crippen LogP contribution in [0.1, 0.15) is 33.6 Å². The third kappa shape index (κ3) is 2.36. The predicted octanol–water partition coefficient (Wildman–Crippen LogP) is 1.07. The summed E-state index contributed by atoms with van der Waals surface area (Å²) in [7, 11) is 0. The molecule has 0 aromatic rings. The van der Waals surface area contributed by atoms with Crippen molar-refractivity contribution in [1.82, 2.24) is 4.90 Å². The number of hydrogen-bond donors (Lipinski definition) is 1. The number of carbonyl (C=O) groups is 2. The Balaban J connectivity index is 3.04. The predicted molar refractivity (Wildman–Crippen MR) is 59.5 cm³/mol. The Morgan fingerprint density at radius 2 is 2.00 bits per heavy atom. The first-order valence-electron chi connectivity index (χ1n) is 5.50. The fourth-order valence-electron chi connectivity index (χ4n) is 1.85. The maximum absolute atomic E-state index is 11.8. The molecule has 0 unspecified atom stereocenters. The van der Waals surface area contributed by atoms with Crippen molar-refractivity contribution in [2.24, 2.45) is 0 Å². The maximum atomic E-state index is 11.8. The molecule has 1 atom stereocenters. The fourth-order valence-corrected chi connectivity index (χ4v) is 1.85. The van der Waals surface area contributed by atoms with Crippen LogP contribution in [0.3, 0.4) is 0 Å². The lowest BCUT2D eigenvalue weighted by Crippen LogP contribution is -2.59. The van der Waals surface area contributed by atoms with Crippen molar-refractivity contribution in [3.8, 4) is 0 Å². The Morgan fingerprint density at radius 1 is 1.44 bits per heavy atom. The van der Waals surface area contributed by atoms with Gasteiger partial charge in [-0.3, -0.25) is 10.1 Å². The van der Waals surface area contributed by atoms with Gasteiger partial charge in [0, 0.05) is 6.54 Å². The van der Waals surface area contributed by atoms with E-state index in [4.69, 9.17) is 9.84 Å². The number of aliphatic carboxylic acids is 1. The van der Waals surface area contributed by atoms with Crippen molar-refractivity contribution in [2.75, 3.05) is 6.54 Å². The van der Waals surface area contributed by atoms with Gasteiger partial charge in [-0.2, -0.15) is 0 Å². The molecule has 0 radical (unpaired) electrons. The van der Waals surface area contributed by atoms with E-state index in [1.54, 1.807) is 20.8 Å². The summed E-state index contributed by atoms with van der Waals surface area (Å²) in [5.74, 6) is -1.64. The number of likely N-dealkylation sites (tertiary alicyclic amines) is 1. The van der Waals surface area contributed by atoms with E-state index in [0.29, 0.717) is 4.90 Å². The average Bonchev–Trinajstić information content (AvgIpc) is 2.59. The molecule has 1 aliphatic rings. The van der Waals surface area contributed by atoms with Crippen LogP contribution in [-0.4, -0.2) is 44.8 Å². The Kier molecular flexibility index (Phi) is 3.50. The summed E-state index contributed by atoms with van der Waals surface area (Å²) in [4.78, 5) is 33.7. The highest BCUT2D eigenvalue weighted by molar-refractivity contribution is 5.83. The highest BCUT2D eigenvalue weighted by Gasteiger charge is 2.62. The van der Waals surface area contributed by atoms with Gasteiger partial charge in [-0.25, -0.2) is 14.5 Å². The van der Waals surface area contributed by atoms with Crippen LogP contribution in [0.15, 0.2) is 0 Å². The molecule has 1 heterocycles. The van der Waals surface area contributed by atoms with Crippen LogP contribution in [-0.2, 0) is 9.53 Å². The van der Waals surface area contributed by atoms with E-state index >= 15 is 0 Å². The zero-order chi connectivity index (χ0) is 14.1. The first-order valence-corrected chi connectivity index (χ1v) is 5.50. The van der Waals surface area contributed by atoms with Crippen molar-refractivity contribution in [2.45, 2.75) is 44.9 Å². The summed E-state index contributed by atoms with van der Waals surface area (Å²) in [6.07, 6.45) is -0.930. The van der Waals surface area contributed by atoms with E-state index in [9.17, 15) is 19.7 Å². The van der Waals surface area contributed by atoms with Crippen LogP contribution < -0.4 is 0 Å². The van der Waals surface area contributed by atoms with Gasteiger partial charge in [0.15, 0.2) is 0 Å². The number of amides is 1. The van der Waals surface area contributed by atoms with Gasteiger partial charge < -0.3 is 9.84 Å². The number of nitro groups is 1. The second kappa shape index (κ2) is 4.43. The summed E-state index contributed by atoms with van der Waals surface area (Å²) in [5, 5.41) is 20.1. The molecule has 1 saturated heterocycles. The number of carboxylic acid groups (broad SMARTS) is 1. The molecule has 1 fully saturated rings. The van der Waals surface area contributed by atoms with Crippen molar-refractivity contribution in [1.29, 1.82) is 0 Å². The average molecular weight is 260 g/mol. The topological polar surface area (TPSA) is 110 Å².